The van der Waals surface area contributed by atoms with Crippen LogP contribution >= 0.6 is 11.3 Å². The highest BCUT2D eigenvalue weighted by Crippen LogP contribution is 2.35. The molecule has 1 aliphatic heterocycles. The van der Waals surface area contributed by atoms with Gasteiger partial charge in [0.15, 0.2) is 16.6 Å². The number of halogens is 1. The van der Waals surface area contributed by atoms with Crippen molar-refractivity contribution in [1.82, 2.24) is 19.9 Å². The Balaban J connectivity index is 1.23. The van der Waals surface area contributed by atoms with E-state index in [0.29, 0.717) is 46.3 Å². The van der Waals surface area contributed by atoms with Gasteiger partial charge in [0.2, 0.25) is 5.91 Å². The van der Waals surface area contributed by atoms with Crippen molar-refractivity contribution in [3.8, 4) is 11.5 Å². The Hall–Kier alpha value is -3.83. The minimum absolute atomic E-state index is 0.113. The summed E-state index contributed by atoms with van der Waals surface area (Å²) >= 11 is 1.33. The summed E-state index contributed by atoms with van der Waals surface area (Å²) in [5.41, 5.74) is 1.11. The molecule has 3 heterocycles. The molecule has 0 saturated carbocycles. The minimum atomic E-state index is -0.408. The Morgan fingerprint density at radius 1 is 1.23 bits per heavy atom. The second kappa shape index (κ2) is 12.4. The number of ether oxygens (including phenoxy) is 2. The zero-order valence-electron chi connectivity index (χ0n) is 21.7. The quantitative estimate of drug-likeness (QED) is 0.246. The van der Waals surface area contributed by atoms with Crippen molar-refractivity contribution in [2.45, 2.75) is 31.7 Å². The molecule has 0 bridgehead atoms. The average molecular weight is 550 g/mol. The number of hydrogen-bond donors (Lipinski definition) is 2. The van der Waals surface area contributed by atoms with Crippen LogP contribution in [0.3, 0.4) is 0 Å². The summed E-state index contributed by atoms with van der Waals surface area (Å²) in [6.07, 6.45) is 6.48. The van der Waals surface area contributed by atoms with Gasteiger partial charge in [0, 0.05) is 40.8 Å². The van der Waals surface area contributed by atoms with E-state index in [-0.39, 0.29) is 12.3 Å². The summed E-state index contributed by atoms with van der Waals surface area (Å²) in [5.74, 6) is 1.11. The molecule has 0 aliphatic carbocycles. The first-order chi connectivity index (χ1) is 19.0. The smallest absolute Gasteiger partial charge is 0.229 e. The standard InChI is InChI=1S/C28H30FN6O3S/c1-18-6-4-9-35(18)10-5-11-38-25-15-23-22(14-24(25)37-2)27(32-17-31-23)34-28-30-16-21(39-28)13-26(36)33-20-8-3-7-19(29)12-20/h3,7-8,12,14-18H,1,4-6,9-11,13H2,2H3,(H,33,36)(H,30,31,32,34)/t18-/m0/s1. The third-order valence-corrected chi connectivity index (χ3v) is 7.40. The fraction of sp³-hybridized carbons (Fsp3) is 0.321. The van der Waals surface area contributed by atoms with Crippen LogP contribution < -0.4 is 20.1 Å². The van der Waals surface area contributed by atoms with Crippen molar-refractivity contribution >= 4 is 44.8 Å². The van der Waals surface area contributed by atoms with E-state index in [0.717, 1.165) is 36.2 Å². The Labute approximate surface area is 230 Å². The van der Waals surface area contributed by atoms with Crippen LogP contribution in [0.25, 0.3) is 10.9 Å². The van der Waals surface area contributed by atoms with Gasteiger partial charge in [-0.1, -0.05) is 6.07 Å². The molecular formula is C28H30FN6O3S. The van der Waals surface area contributed by atoms with Gasteiger partial charge in [0.1, 0.15) is 18.0 Å². The Morgan fingerprint density at radius 3 is 2.92 bits per heavy atom. The summed E-state index contributed by atoms with van der Waals surface area (Å²) in [7, 11) is 1.60. The van der Waals surface area contributed by atoms with Gasteiger partial charge in [-0.2, -0.15) is 0 Å². The van der Waals surface area contributed by atoms with Gasteiger partial charge < -0.3 is 25.0 Å². The number of amides is 1. The molecule has 203 valence electrons. The van der Waals surface area contributed by atoms with Crippen LogP contribution in [-0.4, -0.2) is 58.6 Å². The van der Waals surface area contributed by atoms with Crippen molar-refractivity contribution in [2.75, 3.05) is 37.4 Å². The van der Waals surface area contributed by atoms with E-state index < -0.39 is 5.82 Å². The topological polar surface area (TPSA) is 102 Å². The lowest BCUT2D eigenvalue weighted by Gasteiger charge is -2.20. The number of benzene rings is 2. The number of nitrogens with one attached hydrogen (secondary N) is 2. The molecule has 2 N–H and O–H groups in total. The SMILES string of the molecule is [CH2][C@H]1CCCN1CCCOc1cc2ncnc(Nc3ncc(CC(=O)Nc4cccc(F)c4)s3)c2cc1OC. The Kier molecular flexibility index (Phi) is 8.48. The molecule has 1 atom stereocenters. The first kappa shape index (κ1) is 26.8. The largest absolute Gasteiger partial charge is 0.493 e. The van der Waals surface area contributed by atoms with Gasteiger partial charge in [-0.3, -0.25) is 4.79 Å². The average Bonchev–Trinajstić information content (AvgIpc) is 3.54. The van der Waals surface area contributed by atoms with Crippen LogP contribution in [-0.2, 0) is 11.2 Å². The molecule has 1 radical (unpaired) electrons. The summed E-state index contributed by atoms with van der Waals surface area (Å²) in [4.78, 5) is 28.7. The zero-order valence-corrected chi connectivity index (χ0v) is 22.5. The Bertz CT molecular complexity index is 1450. The van der Waals surface area contributed by atoms with E-state index in [9.17, 15) is 9.18 Å². The highest BCUT2D eigenvalue weighted by atomic mass is 32.1. The maximum atomic E-state index is 13.4. The van der Waals surface area contributed by atoms with E-state index in [4.69, 9.17) is 9.47 Å². The highest BCUT2D eigenvalue weighted by Gasteiger charge is 2.19. The van der Waals surface area contributed by atoms with Crippen LogP contribution in [0.5, 0.6) is 11.5 Å². The molecule has 2 aromatic carbocycles. The number of hydrogen-bond acceptors (Lipinski definition) is 9. The van der Waals surface area contributed by atoms with Crippen LogP contribution in [0, 0.1) is 12.7 Å². The van der Waals surface area contributed by atoms with E-state index in [1.807, 2.05) is 12.1 Å². The number of carbonyl (C=O) groups is 1. The van der Waals surface area contributed by atoms with Gasteiger partial charge in [-0.25, -0.2) is 19.3 Å². The third-order valence-electron chi connectivity index (χ3n) is 6.49. The molecule has 9 nitrogen and oxygen atoms in total. The molecule has 1 saturated heterocycles. The highest BCUT2D eigenvalue weighted by molar-refractivity contribution is 7.15. The van der Waals surface area contributed by atoms with Gasteiger partial charge in [0.25, 0.3) is 0 Å². The zero-order chi connectivity index (χ0) is 27.2. The maximum Gasteiger partial charge on any atom is 0.229 e. The predicted octanol–water partition coefficient (Wildman–Crippen LogP) is 5.23. The van der Waals surface area contributed by atoms with Gasteiger partial charge in [-0.05, 0) is 57.0 Å². The van der Waals surface area contributed by atoms with Crippen LogP contribution in [0.1, 0.15) is 24.1 Å². The molecule has 2 aromatic heterocycles. The maximum absolute atomic E-state index is 13.4. The fourth-order valence-electron chi connectivity index (χ4n) is 4.55. The van der Waals surface area contributed by atoms with Gasteiger partial charge in [0.05, 0.1) is 25.7 Å². The van der Waals surface area contributed by atoms with Crippen LogP contribution in [0.2, 0.25) is 0 Å². The normalized spacial score (nSPS) is 15.4. The second-order valence-electron chi connectivity index (χ2n) is 9.27. The van der Waals surface area contributed by atoms with Crippen molar-refractivity contribution in [1.29, 1.82) is 0 Å². The molecule has 0 unspecified atom stereocenters. The number of methoxy groups -OCH3 is 1. The molecule has 1 fully saturated rings. The number of anilines is 3. The van der Waals surface area contributed by atoms with Crippen molar-refractivity contribution in [3.05, 3.63) is 66.5 Å². The summed E-state index contributed by atoms with van der Waals surface area (Å²) in [6.45, 7) is 6.83. The number of nitrogens with zero attached hydrogens (tertiary/aromatic N) is 4. The number of likely N-dealkylation sites (tertiary alicyclic amines) is 1. The van der Waals surface area contributed by atoms with Crippen LogP contribution in [0.4, 0.5) is 21.0 Å². The monoisotopic (exact) mass is 549 g/mol. The molecular weight excluding hydrogens is 519 g/mol. The third kappa shape index (κ3) is 6.79. The molecule has 5 rings (SSSR count). The first-order valence-electron chi connectivity index (χ1n) is 12.8. The van der Waals surface area contributed by atoms with Gasteiger partial charge >= 0.3 is 0 Å². The molecule has 11 heteroatoms. The first-order valence-corrected chi connectivity index (χ1v) is 13.6. The molecule has 39 heavy (non-hydrogen) atoms. The fourth-order valence-corrected chi connectivity index (χ4v) is 5.36. The van der Waals surface area contributed by atoms with E-state index in [1.165, 1.54) is 36.2 Å². The van der Waals surface area contributed by atoms with Crippen LogP contribution in [0.15, 0.2) is 48.9 Å². The minimum Gasteiger partial charge on any atom is -0.493 e. The summed E-state index contributed by atoms with van der Waals surface area (Å²) in [5, 5.41) is 7.24. The number of carbonyl (C=O) groups excluding carboxylic acids is 1. The lowest BCUT2D eigenvalue weighted by atomic mass is 10.2. The predicted molar refractivity (Wildman–Crippen MR) is 150 cm³/mol. The van der Waals surface area contributed by atoms with E-state index in [2.05, 4.69) is 37.4 Å². The van der Waals surface area contributed by atoms with Crippen molar-refractivity contribution < 1.29 is 18.7 Å². The van der Waals surface area contributed by atoms with Crippen molar-refractivity contribution in [2.24, 2.45) is 0 Å². The number of aromatic nitrogens is 3. The number of rotatable bonds is 11. The van der Waals surface area contributed by atoms with Crippen molar-refractivity contribution in [3.63, 3.8) is 0 Å². The Morgan fingerprint density at radius 2 is 2.13 bits per heavy atom. The number of fused-ring (bicyclic) bond motifs is 1. The molecule has 1 amide bonds. The number of thiazole rings is 1. The van der Waals surface area contributed by atoms with E-state index in [1.54, 1.807) is 25.4 Å². The second-order valence-corrected chi connectivity index (χ2v) is 10.4. The van der Waals surface area contributed by atoms with Gasteiger partial charge in [-0.15, -0.1) is 11.3 Å². The molecule has 4 aromatic rings. The summed E-state index contributed by atoms with van der Waals surface area (Å²) in [6, 6.07) is 9.88. The molecule has 0 spiro atoms. The van der Waals surface area contributed by atoms with E-state index >= 15 is 0 Å². The molecule has 1 aliphatic rings. The lowest BCUT2D eigenvalue weighted by molar-refractivity contribution is -0.115. The summed E-state index contributed by atoms with van der Waals surface area (Å²) < 4.78 is 25.0. The lowest BCUT2D eigenvalue weighted by Crippen LogP contribution is -2.29.